The molecule has 4 heteroatoms. The van der Waals surface area contributed by atoms with Crippen molar-refractivity contribution in [1.82, 2.24) is 0 Å². The van der Waals surface area contributed by atoms with E-state index < -0.39 is 0 Å². The maximum absolute atomic E-state index is 12.2. The highest BCUT2D eigenvalue weighted by Gasteiger charge is 2.28. The van der Waals surface area contributed by atoms with Crippen molar-refractivity contribution in [3.8, 4) is 21.3 Å². The number of ketones is 1. The summed E-state index contributed by atoms with van der Waals surface area (Å²) in [5.41, 5.74) is 1.96. The number of nitrogens with zero attached hydrogens (tertiary/aromatic N) is 1. The molecule has 0 fully saturated rings. The lowest BCUT2D eigenvalue weighted by Gasteiger charge is -2.01. The van der Waals surface area contributed by atoms with Crippen LogP contribution in [0.2, 0.25) is 0 Å². The number of carbonyl (C=O) groups is 1. The Hall–Kier alpha value is -2.46. The molecule has 0 aliphatic carbocycles. The Labute approximate surface area is 126 Å². The second-order valence-electron chi connectivity index (χ2n) is 4.64. The number of thiazole rings is 1. The Balaban J connectivity index is 2.32. The summed E-state index contributed by atoms with van der Waals surface area (Å²) in [4.78, 5) is 11.9. The van der Waals surface area contributed by atoms with Crippen LogP contribution < -0.4 is 9.67 Å². The molecule has 0 saturated carbocycles. The van der Waals surface area contributed by atoms with Crippen LogP contribution in [-0.4, -0.2) is 5.78 Å². The van der Waals surface area contributed by atoms with Crippen molar-refractivity contribution < 1.29 is 14.5 Å². The smallest absolute Gasteiger partial charge is 0.274 e. The Morgan fingerprint density at radius 1 is 1.00 bits per heavy atom. The third-order valence-electron chi connectivity index (χ3n) is 3.18. The van der Waals surface area contributed by atoms with E-state index in [2.05, 4.69) is 0 Å². The van der Waals surface area contributed by atoms with E-state index in [1.807, 2.05) is 60.7 Å². The van der Waals surface area contributed by atoms with Crippen LogP contribution in [0.3, 0.4) is 0 Å². The maximum atomic E-state index is 12.2. The van der Waals surface area contributed by atoms with Crippen molar-refractivity contribution in [1.29, 1.82) is 0 Å². The first-order chi connectivity index (χ1) is 10.2. The lowest BCUT2D eigenvalue weighted by molar-refractivity contribution is -0.584. The summed E-state index contributed by atoms with van der Waals surface area (Å²) in [5.74, 6) is -0.220. The molecular weight excluding hydrogens is 282 g/mol. The average Bonchev–Trinajstić information content (AvgIpc) is 2.86. The highest BCUT2D eigenvalue weighted by Crippen LogP contribution is 2.31. The number of benzene rings is 2. The van der Waals surface area contributed by atoms with Gasteiger partial charge in [0.05, 0.1) is 5.56 Å². The molecule has 0 saturated heterocycles. The highest BCUT2D eigenvalue weighted by atomic mass is 32.1. The third-order valence-corrected chi connectivity index (χ3v) is 4.17. The topological polar surface area (TPSA) is 44.0 Å². The molecule has 21 heavy (non-hydrogen) atoms. The average molecular weight is 295 g/mol. The minimum atomic E-state index is -0.220. The van der Waals surface area contributed by atoms with E-state index in [1.165, 1.54) is 6.92 Å². The predicted octanol–water partition coefficient (Wildman–Crippen LogP) is 2.97. The first-order valence-corrected chi connectivity index (χ1v) is 7.38. The molecule has 0 amide bonds. The van der Waals surface area contributed by atoms with Crippen molar-refractivity contribution in [2.45, 2.75) is 6.92 Å². The minimum Gasteiger partial charge on any atom is -0.860 e. The number of carbonyl (C=O) groups excluding carboxylic acids is 1. The lowest BCUT2D eigenvalue weighted by atomic mass is 10.2. The van der Waals surface area contributed by atoms with Gasteiger partial charge in [0.2, 0.25) is 11.5 Å². The predicted molar refractivity (Wildman–Crippen MR) is 80.7 cm³/mol. The SMILES string of the molecule is CC(=O)c1c([O-])sc(-c2ccccc2)[n+]1-c1ccccc1. The van der Waals surface area contributed by atoms with Crippen LogP contribution in [-0.2, 0) is 0 Å². The standard InChI is InChI=1S/C17H13NO2S/c1-12(19)15-17(20)21-16(13-8-4-2-5-9-13)18(15)14-10-6-3-7-11-14/h2-11H,1H3. The van der Waals surface area contributed by atoms with Crippen LogP contribution >= 0.6 is 11.3 Å². The van der Waals surface area contributed by atoms with E-state index in [4.69, 9.17) is 0 Å². The zero-order valence-corrected chi connectivity index (χ0v) is 12.3. The van der Waals surface area contributed by atoms with Gasteiger partial charge in [-0.3, -0.25) is 4.79 Å². The fraction of sp³-hybridized carbons (Fsp3) is 0.0588. The van der Waals surface area contributed by atoms with E-state index in [0.29, 0.717) is 0 Å². The molecule has 104 valence electrons. The number of hydrogen-bond donors (Lipinski definition) is 0. The van der Waals surface area contributed by atoms with E-state index in [0.717, 1.165) is 27.6 Å². The van der Waals surface area contributed by atoms with Gasteiger partial charge in [0.25, 0.3) is 10.7 Å². The molecule has 0 bridgehead atoms. The van der Waals surface area contributed by atoms with Gasteiger partial charge in [-0.2, -0.15) is 0 Å². The summed E-state index contributed by atoms with van der Waals surface area (Å²) >= 11 is 1.10. The van der Waals surface area contributed by atoms with Gasteiger partial charge in [0.1, 0.15) is 0 Å². The van der Waals surface area contributed by atoms with Crippen LogP contribution in [0, 0.1) is 0 Å². The monoisotopic (exact) mass is 295 g/mol. The molecule has 0 unspecified atom stereocenters. The molecule has 1 heterocycles. The number of aromatic nitrogens is 1. The fourth-order valence-corrected chi connectivity index (χ4v) is 3.32. The van der Waals surface area contributed by atoms with Gasteiger partial charge in [0.15, 0.2) is 0 Å². The van der Waals surface area contributed by atoms with Crippen molar-refractivity contribution in [3.05, 3.63) is 66.4 Å². The molecule has 3 nitrogen and oxygen atoms in total. The van der Waals surface area contributed by atoms with Crippen LogP contribution in [0.25, 0.3) is 16.3 Å². The van der Waals surface area contributed by atoms with E-state index in [-0.39, 0.29) is 16.5 Å². The second kappa shape index (κ2) is 5.50. The zero-order valence-electron chi connectivity index (χ0n) is 11.4. The van der Waals surface area contributed by atoms with Gasteiger partial charge < -0.3 is 5.11 Å². The number of hydrogen-bond acceptors (Lipinski definition) is 3. The summed E-state index contributed by atoms with van der Waals surface area (Å²) in [7, 11) is 0. The molecule has 0 aliphatic rings. The molecule has 0 aliphatic heterocycles. The fourth-order valence-electron chi connectivity index (χ4n) is 2.27. The van der Waals surface area contributed by atoms with Crippen LogP contribution in [0.1, 0.15) is 17.4 Å². The summed E-state index contributed by atoms with van der Waals surface area (Å²) in [6, 6.07) is 19.1. The Bertz CT molecular complexity index is 779. The summed E-state index contributed by atoms with van der Waals surface area (Å²) in [6.45, 7) is 1.43. The van der Waals surface area contributed by atoms with Crippen LogP contribution in [0.4, 0.5) is 0 Å². The van der Waals surface area contributed by atoms with Crippen LogP contribution in [0.5, 0.6) is 5.06 Å². The quantitative estimate of drug-likeness (QED) is 0.551. The van der Waals surface area contributed by atoms with Gasteiger partial charge in [-0.1, -0.05) is 47.7 Å². The minimum absolute atomic E-state index is 0.204. The van der Waals surface area contributed by atoms with Gasteiger partial charge in [-0.15, -0.1) is 4.57 Å². The molecule has 1 aromatic heterocycles. The Morgan fingerprint density at radius 2 is 1.57 bits per heavy atom. The lowest BCUT2D eigenvalue weighted by Crippen LogP contribution is -2.37. The van der Waals surface area contributed by atoms with E-state index in [9.17, 15) is 9.90 Å². The molecule has 3 rings (SSSR count). The molecule has 0 N–H and O–H groups in total. The van der Waals surface area contributed by atoms with Gasteiger partial charge in [-0.05, 0) is 12.1 Å². The molecule has 3 aromatic rings. The number of Topliss-reactive ketones (excluding diaryl/α,β-unsaturated/α-hetero) is 1. The Kier molecular flexibility index (Phi) is 3.54. The van der Waals surface area contributed by atoms with E-state index in [1.54, 1.807) is 4.57 Å². The first kappa shape index (κ1) is 13.5. The second-order valence-corrected chi connectivity index (χ2v) is 5.60. The largest absolute Gasteiger partial charge is 0.860 e. The van der Waals surface area contributed by atoms with Gasteiger partial charge >= 0.3 is 0 Å². The molecule has 0 atom stereocenters. The first-order valence-electron chi connectivity index (χ1n) is 6.56. The van der Waals surface area contributed by atoms with Crippen molar-refractivity contribution in [3.63, 3.8) is 0 Å². The molecular formula is C17H13NO2S. The van der Waals surface area contributed by atoms with Crippen molar-refractivity contribution >= 4 is 17.1 Å². The molecule has 2 aromatic carbocycles. The molecule has 0 spiro atoms. The van der Waals surface area contributed by atoms with Crippen molar-refractivity contribution in [2.24, 2.45) is 0 Å². The zero-order chi connectivity index (χ0) is 14.8. The summed E-state index contributed by atoms with van der Waals surface area (Å²) in [5, 5.41) is 12.8. The van der Waals surface area contributed by atoms with Crippen LogP contribution in [0.15, 0.2) is 60.7 Å². The van der Waals surface area contributed by atoms with Crippen molar-refractivity contribution in [2.75, 3.05) is 0 Å². The highest BCUT2D eigenvalue weighted by molar-refractivity contribution is 7.16. The van der Waals surface area contributed by atoms with Gasteiger partial charge in [0, 0.05) is 24.1 Å². The molecule has 0 radical (unpaired) electrons. The number of rotatable bonds is 3. The summed E-state index contributed by atoms with van der Waals surface area (Å²) < 4.78 is 1.75. The Morgan fingerprint density at radius 3 is 2.14 bits per heavy atom. The third kappa shape index (κ3) is 2.45. The normalized spacial score (nSPS) is 10.5. The van der Waals surface area contributed by atoms with E-state index >= 15 is 0 Å². The maximum Gasteiger partial charge on any atom is 0.274 e. The summed E-state index contributed by atoms with van der Waals surface area (Å²) in [6.07, 6.45) is 0. The number of para-hydroxylation sites is 1. The van der Waals surface area contributed by atoms with Gasteiger partial charge in [-0.25, -0.2) is 0 Å².